The Morgan fingerprint density at radius 1 is 1.00 bits per heavy atom. The van der Waals surface area contributed by atoms with E-state index < -0.39 is 23.9 Å². The monoisotopic (exact) mass is 305 g/mol. The van der Waals surface area contributed by atoms with Crippen LogP contribution >= 0.6 is 0 Å². The van der Waals surface area contributed by atoms with E-state index in [1.165, 1.54) is 24.1 Å². The zero-order chi connectivity index (χ0) is 16.0. The van der Waals surface area contributed by atoms with Crippen molar-refractivity contribution < 1.29 is 18.0 Å². The van der Waals surface area contributed by atoms with Crippen LogP contribution in [0.15, 0.2) is 54.6 Å². The van der Waals surface area contributed by atoms with Crippen LogP contribution in [-0.2, 0) is 5.54 Å². The van der Waals surface area contributed by atoms with Crippen LogP contribution in [0.4, 0.5) is 18.9 Å². The van der Waals surface area contributed by atoms with E-state index in [0.717, 1.165) is 0 Å². The molecule has 2 aromatic carbocycles. The summed E-state index contributed by atoms with van der Waals surface area (Å²) in [6.45, 7) is 0. The third-order valence-corrected chi connectivity index (χ3v) is 4.28. The van der Waals surface area contributed by atoms with Gasteiger partial charge in [-0.1, -0.05) is 42.5 Å². The van der Waals surface area contributed by atoms with Gasteiger partial charge in [0, 0.05) is 24.7 Å². The molecule has 0 saturated heterocycles. The number of benzene rings is 2. The van der Waals surface area contributed by atoms with Gasteiger partial charge in [-0.3, -0.25) is 4.79 Å². The molecule has 0 amide bonds. The summed E-state index contributed by atoms with van der Waals surface area (Å²) < 4.78 is 42.0. The van der Waals surface area contributed by atoms with E-state index in [4.69, 9.17) is 0 Å². The maximum Gasteiger partial charge on any atom is 0.416 e. The highest BCUT2D eigenvalue weighted by atomic mass is 19.4. The van der Waals surface area contributed by atoms with E-state index >= 15 is 0 Å². The summed E-state index contributed by atoms with van der Waals surface area (Å²) in [5.74, 6) is -0.491. The number of fused-ring (bicyclic) bond motifs is 1. The largest absolute Gasteiger partial charge is 0.416 e. The van der Waals surface area contributed by atoms with Crippen molar-refractivity contribution in [2.75, 3.05) is 11.9 Å². The van der Waals surface area contributed by atoms with Gasteiger partial charge < -0.3 is 4.90 Å². The highest BCUT2D eigenvalue weighted by molar-refractivity contribution is 6.04. The van der Waals surface area contributed by atoms with Crippen LogP contribution in [0.2, 0.25) is 0 Å². The Hall–Kier alpha value is -2.30. The maximum atomic E-state index is 14.0. The van der Waals surface area contributed by atoms with E-state index in [9.17, 15) is 18.0 Å². The molecule has 1 aliphatic heterocycles. The summed E-state index contributed by atoms with van der Waals surface area (Å²) >= 11 is 0. The third kappa shape index (κ3) is 1.92. The van der Waals surface area contributed by atoms with Crippen molar-refractivity contribution >= 4 is 11.5 Å². The molecule has 5 heteroatoms. The molecular weight excluding hydrogens is 291 g/mol. The minimum Gasteiger partial charge on any atom is -0.356 e. The van der Waals surface area contributed by atoms with Crippen LogP contribution in [0.25, 0.3) is 0 Å². The predicted octanol–water partition coefficient (Wildman–Crippen LogP) is 4.17. The van der Waals surface area contributed by atoms with E-state index in [0.29, 0.717) is 11.3 Å². The standard InChI is InChI=1S/C17H14F3NO/c1-21-14-10-6-5-9-13(14)15(22)11-16(21,17(18,19)20)12-7-3-2-4-8-12/h2-10H,11H2,1H3/t16-/m1/s1. The molecule has 1 aliphatic rings. The first-order valence-corrected chi connectivity index (χ1v) is 6.86. The van der Waals surface area contributed by atoms with Gasteiger partial charge in [0.05, 0.1) is 0 Å². The van der Waals surface area contributed by atoms with Crippen LogP contribution in [0, 0.1) is 0 Å². The lowest BCUT2D eigenvalue weighted by molar-refractivity contribution is -0.190. The third-order valence-electron chi connectivity index (χ3n) is 4.28. The lowest BCUT2D eigenvalue weighted by Gasteiger charge is -2.47. The molecule has 0 aromatic heterocycles. The van der Waals surface area contributed by atoms with Gasteiger partial charge >= 0.3 is 6.18 Å². The number of carbonyl (C=O) groups is 1. The molecule has 0 unspecified atom stereocenters. The second-order valence-corrected chi connectivity index (χ2v) is 5.40. The number of anilines is 1. The van der Waals surface area contributed by atoms with Gasteiger partial charge in [-0.05, 0) is 17.7 Å². The van der Waals surface area contributed by atoms with Crippen molar-refractivity contribution in [1.29, 1.82) is 0 Å². The van der Waals surface area contributed by atoms with Crippen molar-refractivity contribution in [1.82, 2.24) is 0 Å². The summed E-state index contributed by atoms with van der Waals surface area (Å²) in [6, 6.07) is 14.0. The Balaban J connectivity index is 2.28. The molecule has 0 spiro atoms. The van der Waals surface area contributed by atoms with Gasteiger partial charge in [-0.15, -0.1) is 0 Å². The molecule has 2 aromatic rings. The number of ketones is 1. The first kappa shape index (κ1) is 14.6. The van der Waals surface area contributed by atoms with Gasteiger partial charge in [0.2, 0.25) is 0 Å². The summed E-state index contributed by atoms with van der Waals surface area (Å²) in [4.78, 5) is 13.5. The molecule has 0 fully saturated rings. The normalized spacial score (nSPS) is 21.6. The van der Waals surface area contributed by atoms with E-state index in [1.54, 1.807) is 42.5 Å². The number of nitrogens with zero attached hydrogens (tertiary/aromatic N) is 1. The van der Waals surface area contributed by atoms with Crippen LogP contribution in [0.5, 0.6) is 0 Å². The average Bonchev–Trinajstić information content (AvgIpc) is 2.50. The van der Waals surface area contributed by atoms with E-state index in [2.05, 4.69) is 0 Å². The number of alkyl halides is 3. The first-order chi connectivity index (χ1) is 10.4. The summed E-state index contributed by atoms with van der Waals surface area (Å²) in [7, 11) is 1.39. The van der Waals surface area contributed by atoms with Gasteiger partial charge in [-0.25, -0.2) is 0 Å². The Labute approximate surface area is 126 Å². The minimum atomic E-state index is -4.58. The second-order valence-electron chi connectivity index (χ2n) is 5.40. The molecule has 0 aliphatic carbocycles. The number of carbonyl (C=O) groups excluding carboxylic acids is 1. The SMILES string of the molecule is CN1c2ccccc2C(=O)C[C@@]1(c1ccccc1)C(F)(F)F. The van der Waals surface area contributed by atoms with E-state index in [-0.39, 0.29) is 5.56 Å². The Morgan fingerprint density at radius 2 is 1.59 bits per heavy atom. The Kier molecular flexibility index (Phi) is 3.24. The molecular formula is C17H14F3NO. The molecule has 1 atom stereocenters. The lowest BCUT2D eigenvalue weighted by Crippen LogP contribution is -2.58. The van der Waals surface area contributed by atoms with Crippen LogP contribution in [0.3, 0.4) is 0 Å². The highest BCUT2D eigenvalue weighted by Crippen LogP contribution is 2.51. The van der Waals surface area contributed by atoms with Crippen molar-refractivity contribution in [2.45, 2.75) is 18.1 Å². The van der Waals surface area contributed by atoms with Crippen LogP contribution < -0.4 is 4.90 Å². The number of rotatable bonds is 1. The summed E-state index contributed by atoms with van der Waals surface area (Å²) in [5.41, 5.74) is -1.62. The second kappa shape index (κ2) is 4.87. The van der Waals surface area contributed by atoms with Gasteiger partial charge in [-0.2, -0.15) is 13.2 Å². The Morgan fingerprint density at radius 3 is 2.23 bits per heavy atom. The fraction of sp³-hybridized carbons (Fsp3) is 0.235. The number of Topliss-reactive ketones (excluding diaryl/α,β-unsaturated/α-hetero) is 1. The molecule has 3 rings (SSSR count). The fourth-order valence-electron chi connectivity index (χ4n) is 3.12. The molecule has 114 valence electrons. The minimum absolute atomic E-state index is 0.0767. The zero-order valence-corrected chi connectivity index (χ0v) is 11.9. The van der Waals surface area contributed by atoms with Gasteiger partial charge in [0.1, 0.15) is 0 Å². The number of para-hydroxylation sites is 1. The maximum absolute atomic E-state index is 14.0. The lowest BCUT2D eigenvalue weighted by atomic mass is 9.77. The first-order valence-electron chi connectivity index (χ1n) is 6.86. The smallest absolute Gasteiger partial charge is 0.356 e. The van der Waals surface area contributed by atoms with Gasteiger partial charge in [0.25, 0.3) is 0 Å². The molecule has 0 saturated carbocycles. The topological polar surface area (TPSA) is 20.3 Å². The summed E-state index contributed by atoms with van der Waals surface area (Å²) in [6.07, 6.45) is -5.19. The van der Waals surface area contributed by atoms with Crippen molar-refractivity contribution in [2.24, 2.45) is 0 Å². The quantitative estimate of drug-likeness (QED) is 0.788. The number of halogens is 3. The highest BCUT2D eigenvalue weighted by Gasteiger charge is 2.61. The Bertz CT molecular complexity index is 711. The molecule has 0 bridgehead atoms. The molecule has 0 radical (unpaired) electrons. The molecule has 1 heterocycles. The zero-order valence-electron chi connectivity index (χ0n) is 11.9. The molecule has 22 heavy (non-hydrogen) atoms. The predicted molar refractivity (Wildman–Crippen MR) is 78.0 cm³/mol. The molecule has 0 N–H and O–H groups in total. The average molecular weight is 305 g/mol. The van der Waals surface area contributed by atoms with Gasteiger partial charge in [0.15, 0.2) is 11.3 Å². The fourth-order valence-corrected chi connectivity index (χ4v) is 3.12. The van der Waals surface area contributed by atoms with E-state index in [1.807, 2.05) is 0 Å². The van der Waals surface area contributed by atoms with Crippen molar-refractivity contribution in [3.05, 3.63) is 65.7 Å². The van der Waals surface area contributed by atoms with Crippen LogP contribution in [0.1, 0.15) is 22.3 Å². The summed E-state index contributed by atoms with van der Waals surface area (Å²) in [5, 5.41) is 0. The number of hydrogen-bond acceptors (Lipinski definition) is 2. The number of hydrogen-bond donors (Lipinski definition) is 0. The van der Waals surface area contributed by atoms with Crippen LogP contribution in [-0.4, -0.2) is 19.0 Å². The molecule has 2 nitrogen and oxygen atoms in total. The van der Waals surface area contributed by atoms with Crippen molar-refractivity contribution in [3.8, 4) is 0 Å². The van der Waals surface area contributed by atoms with Crippen molar-refractivity contribution in [3.63, 3.8) is 0 Å².